The van der Waals surface area contributed by atoms with Crippen molar-refractivity contribution in [3.05, 3.63) is 52.3 Å². The average molecular weight is 468 g/mol. The lowest BCUT2D eigenvalue weighted by Gasteiger charge is -2.34. The van der Waals surface area contributed by atoms with Crippen molar-refractivity contribution in [3.8, 4) is 0 Å². The number of carbonyl (C=O) groups excluding carboxylic acids is 2. The summed E-state index contributed by atoms with van der Waals surface area (Å²) in [6, 6.07) is 4.99. The molecule has 1 N–H and O–H groups in total. The van der Waals surface area contributed by atoms with Crippen LogP contribution in [0.1, 0.15) is 67.5 Å². The van der Waals surface area contributed by atoms with Crippen LogP contribution in [0.5, 0.6) is 0 Å². The summed E-state index contributed by atoms with van der Waals surface area (Å²) in [5, 5.41) is 3.08. The third kappa shape index (κ3) is 5.48. The predicted molar refractivity (Wildman–Crippen MR) is 112 cm³/mol. The summed E-state index contributed by atoms with van der Waals surface area (Å²) in [5.41, 5.74) is -0.165. The molecule has 0 spiro atoms. The summed E-state index contributed by atoms with van der Waals surface area (Å²) >= 11 is 0. The van der Waals surface area contributed by atoms with Crippen LogP contribution in [0, 0.1) is 0 Å². The first-order valence-corrected chi connectivity index (χ1v) is 10.8. The van der Waals surface area contributed by atoms with Crippen molar-refractivity contribution in [2.75, 3.05) is 6.61 Å². The third-order valence-electron chi connectivity index (χ3n) is 5.30. The van der Waals surface area contributed by atoms with Gasteiger partial charge in [-0.15, -0.1) is 0 Å². The Morgan fingerprint density at radius 2 is 1.88 bits per heavy atom. The number of halogens is 3. The lowest BCUT2D eigenvalue weighted by Crippen LogP contribution is -2.45. The molecule has 2 heterocycles. The molecule has 0 aliphatic carbocycles. The SMILES string of the molecule is CCOC(=O)c1c2c([nH][n+]1Cc1ccccc1C(F)(F)F)C[C@@H](C)N(C(=O)OC(C)(C)C)C2. The molecule has 2 aromatic rings. The molecule has 0 saturated heterocycles. The molecule has 1 aromatic carbocycles. The Morgan fingerprint density at radius 3 is 2.48 bits per heavy atom. The normalized spacial score (nSPS) is 16.4. The molecular formula is C23H29F3N3O4+. The van der Waals surface area contributed by atoms with Crippen LogP contribution in [0.3, 0.4) is 0 Å². The standard InChI is InChI=1S/C23H28F3N3O4/c1-6-32-20(30)19-16-13-28(21(31)33-22(3,4)5)14(2)11-18(16)27-29(19)12-15-9-7-8-10-17(15)23(24,25)26/h7-10,14H,6,11-13H2,1-5H3/p+1/t14-/m1/s1. The highest BCUT2D eigenvalue weighted by Crippen LogP contribution is 2.32. The molecule has 0 unspecified atom stereocenters. The van der Waals surface area contributed by atoms with Crippen molar-refractivity contribution in [2.24, 2.45) is 0 Å². The van der Waals surface area contributed by atoms with Gasteiger partial charge >= 0.3 is 23.9 Å². The van der Waals surface area contributed by atoms with E-state index in [1.54, 1.807) is 27.7 Å². The van der Waals surface area contributed by atoms with Gasteiger partial charge < -0.3 is 14.4 Å². The smallest absolute Gasteiger partial charge is 0.416 e. The highest BCUT2D eigenvalue weighted by atomic mass is 19.4. The van der Waals surface area contributed by atoms with Crippen molar-refractivity contribution in [3.63, 3.8) is 0 Å². The van der Waals surface area contributed by atoms with E-state index in [0.717, 1.165) is 6.07 Å². The van der Waals surface area contributed by atoms with Crippen LogP contribution in [0.25, 0.3) is 0 Å². The van der Waals surface area contributed by atoms with Crippen LogP contribution in [0.15, 0.2) is 24.3 Å². The fourth-order valence-electron chi connectivity index (χ4n) is 3.88. The summed E-state index contributed by atoms with van der Waals surface area (Å²) in [7, 11) is 0. The molecule has 3 rings (SSSR count). The minimum atomic E-state index is -4.53. The van der Waals surface area contributed by atoms with Crippen LogP contribution in [-0.4, -0.2) is 40.3 Å². The zero-order chi connectivity index (χ0) is 24.6. The molecule has 10 heteroatoms. The van der Waals surface area contributed by atoms with E-state index < -0.39 is 29.4 Å². The summed E-state index contributed by atoms with van der Waals surface area (Å²) in [4.78, 5) is 27.1. The second-order valence-electron chi connectivity index (χ2n) is 9.04. The quantitative estimate of drug-likeness (QED) is 0.538. The van der Waals surface area contributed by atoms with Gasteiger partial charge in [0.25, 0.3) is 0 Å². The first-order valence-electron chi connectivity index (χ1n) is 10.8. The number of hydrogen-bond acceptors (Lipinski definition) is 4. The predicted octanol–water partition coefficient (Wildman–Crippen LogP) is 4.23. The maximum Gasteiger partial charge on any atom is 0.416 e. The summed E-state index contributed by atoms with van der Waals surface area (Å²) in [6.07, 6.45) is -4.67. The molecule has 0 fully saturated rings. The second-order valence-corrected chi connectivity index (χ2v) is 9.04. The van der Waals surface area contributed by atoms with Gasteiger partial charge in [0.05, 0.1) is 30.0 Å². The molecule has 33 heavy (non-hydrogen) atoms. The van der Waals surface area contributed by atoms with Crippen molar-refractivity contribution in [1.82, 2.24) is 10.00 Å². The molecule has 180 valence electrons. The fraction of sp³-hybridized carbons (Fsp3) is 0.522. The number of amides is 1. The van der Waals surface area contributed by atoms with Gasteiger partial charge in [-0.1, -0.05) is 22.9 Å². The number of aromatic amines is 1. The number of nitrogens with one attached hydrogen (secondary N) is 1. The van der Waals surface area contributed by atoms with E-state index in [1.165, 1.54) is 27.8 Å². The molecule has 1 aromatic heterocycles. The van der Waals surface area contributed by atoms with E-state index in [4.69, 9.17) is 9.47 Å². The number of benzene rings is 1. The van der Waals surface area contributed by atoms with E-state index in [9.17, 15) is 22.8 Å². The number of carbonyl (C=O) groups is 2. The molecule has 1 aliphatic heterocycles. The Balaban J connectivity index is 2.03. The van der Waals surface area contributed by atoms with E-state index in [0.29, 0.717) is 17.7 Å². The molecule has 1 amide bonds. The van der Waals surface area contributed by atoms with Gasteiger partial charge in [-0.25, -0.2) is 9.59 Å². The first kappa shape index (κ1) is 24.6. The number of nitrogens with zero attached hydrogens (tertiary/aromatic N) is 2. The number of hydrogen-bond donors (Lipinski definition) is 1. The molecule has 1 aliphatic rings. The van der Waals surface area contributed by atoms with Crippen molar-refractivity contribution >= 4 is 12.1 Å². The van der Waals surface area contributed by atoms with E-state index in [2.05, 4.69) is 5.10 Å². The molecule has 0 saturated carbocycles. The second kappa shape index (κ2) is 9.07. The summed E-state index contributed by atoms with van der Waals surface area (Å²) in [5.74, 6) is -0.668. The van der Waals surface area contributed by atoms with Crippen LogP contribution in [0.4, 0.5) is 18.0 Å². The number of H-pyrrole nitrogens is 1. The molecule has 1 atom stereocenters. The van der Waals surface area contributed by atoms with Crippen LogP contribution >= 0.6 is 0 Å². The van der Waals surface area contributed by atoms with Gasteiger partial charge in [-0.2, -0.15) is 18.3 Å². The van der Waals surface area contributed by atoms with Gasteiger partial charge in [0.15, 0.2) is 6.54 Å². The largest absolute Gasteiger partial charge is 0.458 e. The Bertz CT molecular complexity index is 1040. The molecular weight excluding hydrogens is 439 g/mol. The molecule has 0 bridgehead atoms. The average Bonchev–Trinajstić information content (AvgIpc) is 3.02. The van der Waals surface area contributed by atoms with Gasteiger partial charge in [0, 0.05) is 18.0 Å². The number of alkyl halides is 3. The Kier molecular flexibility index (Phi) is 6.76. The molecule has 0 radical (unpaired) electrons. The van der Waals surface area contributed by atoms with Crippen LogP contribution < -0.4 is 4.68 Å². The number of ether oxygens (including phenoxy) is 2. The Hall–Kier alpha value is -3.04. The minimum absolute atomic E-state index is 0.0104. The van der Waals surface area contributed by atoms with Gasteiger partial charge in [-0.3, -0.25) is 0 Å². The first-order chi connectivity index (χ1) is 15.3. The summed E-state index contributed by atoms with van der Waals surface area (Å²) < 4.78 is 52.6. The molecule has 7 nitrogen and oxygen atoms in total. The van der Waals surface area contributed by atoms with Crippen LogP contribution in [0.2, 0.25) is 0 Å². The maximum absolute atomic E-state index is 13.5. The number of rotatable bonds is 4. The number of fused-ring (bicyclic) bond motifs is 1. The summed E-state index contributed by atoms with van der Waals surface area (Å²) in [6.45, 7) is 8.74. The lowest BCUT2D eigenvalue weighted by atomic mass is 10.00. The van der Waals surface area contributed by atoms with Crippen LogP contribution in [-0.2, 0) is 35.2 Å². The Morgan fingerprint density at radius 1 is 1.21 bits per heavy atom. The van der Waals surface area contributed by atoms with Gasteiger partial charge in [0.2, 0.25) is 0 Å². The topological polar surface area (TPSA) is 75.5 Å². The highest BCUT2D eigenvalue weighted by molar-refractivity contribution is 5.88. The zero-order valence-corrected chi connectivity index (χ0v) is 19.4. The van der Waals surface area contributed by atoms with E-state index >= 15 is 0 Å². The van der Waals surface area contributed by atoms with Gasteiger partial charge in [0.1, 0.15) is 5.60 Å². The van der Waals surface area contributed by atoms with E-state index in [1.807, 2.05) is 6.92 Å². The van der Waals surface area contributed by atoms with Crippen molar-refractivity contribution in [1.29, 1.82) is 0 Å². The van der Waals surface area contributed by atoms with Gasteiger partial charge in [-0.05, 0) is 40.7 Å². The minimum Gasteiger partial charge on any atom is -0.458 e. The maximum atomic E-state index is 13.5. The number of esters is 1. The number of aromatic nitrogens is 2. The van der Waals surface area contributed by atoms with Crippen molar-refractivity contribution < 1.29 is 36.9 Å². The fourth-order valence-corrected chi connectivity index (χ4v) is 3.88. The Labute approximate surface area is 190 Å². The van der Waals surface area contributed by atoms with E-state index in [-0.39, 0.29) is 37.0 Å². The zero-order valence-electron chi connectivity index (χ0n) is 19.4. The highest BCUT2D eigenvalue weighted by Gasteiger charge is 2.41. The van der Waals surface area contributed by atoms with Crippen molar-refractivity contribution in [2.45, 2.75) is 71.9 Å². The lowest BCUT2D eigenvalue weighted by molar-refractivity contribution is -0.745. The third-order valence-corrected chi connectivity index (χ3v) is 5.30. The monoisotopic (exact) mass is 468 g/mol.